The monoisotopic (exact) mass is 406 g/mol. The first-order chi connectivity index (χ1) is 13.8. The summed E-state index contributed by atoms with van der Waals surface area (Å²) in [5.41, 5.74) is 0.326. The van der Waals surface area contributed by atoms with E-state index in [4.69, 9.17) is 0 Å². The van der Waals surface area contributed by atoms with E-state index in [2.05, 4.69) is 10.2 Å². The van der Waals surface area contributed by atoms with E-state index in [1.54, 1.807) is 24.3 Å². The summed E-state index contributed by atoms with van der Waals surface area (Å²) in [6, 6.07) is 11.6. The van der Waals surface area contributed by atoms with Crippen LogP contribution in [0, 0.1) is 5.82 Å². The van der Waals surface area contributed by atoms with Crippen molar-refractivity contribution in [2.24, 2.45) is 0 Å². The molecule has 7 heteroatoms. The van der Waals surface area contributed by atoms with Crippen molar-refractivity contribution in [1.29, 1.82) is 0 Å². The molecule has 1 heterocycles. The van der Waals surface area contributed by atoms with E-state index in [9.17, 15) is 22.4 Å². The van der Waals surface area contributed by atoms with Crippen molar-refractivity contribution in [1.82, 2.24) is 10.2 Å². The van der Waals surface area contributed by atoms with Gasteiger partial charge in [-0.05, 0) is 36.6 Å². The van der Waals surface area contributed by atoms with Crippen molar-refractivity contribution in [3.63, 3.8) is 0 Å². The smallest absolute Gasteiger partial charge is 0.350 e. The van der Waals surface area contributed by atoms with Crippen LogP contribution in [0.25, 0.3) is 6.08 Å². The largest absolute Gasteiger partial charge is 0.416 e. The molecule has 1 aliphatic heterocycles. The first kappa shape index (κ1) is 21.0. The van der Waals surface area contributed by atoms with Crippen LogP contribution < -0.4 is 5.32 Å². The quantitative estimate of drug-likeness (QED) is 0.580. The molecule has 1 amide bonds. The van der Waals surface area contributed by atoms with Crippen molar-refractivity contribution in [3.05, 3.63) is 77.1 Å². The second-order valence-corrected chi connectivity index (χ2v) is 7.11. The van der Waals surface area contributed by atoms with E-state index in [-0.39, 0.29) is 17.8 Å². The molecule has 3 rings (SSSR count). The number of carbonyl (C=O) groups is 1. The van der Waals surface area contributed by atoms with Gasteiger partial charge in [0.1, 0.15) is 5.82 Å². The van der Waals surface area contributed by atoms with Gasteiger partial charge in [0.2, 0.25) is 5.91 Å². The number of nitrogens with one attached hydrogen (secondary N) is 1. The maximum absolute atomic E-state index is 13.6. The van der Waals surface area contributed by atoms with Gasteiger partial charge in [0.15, 0.2) is 0 Å². The predicted octanol–water partition coefficient (Wildman–Crippen LogP) is 4.64. The Morgan fingerprint density at radius 2 is 1.83 bits per heavy atom. The molecule has 2 aromatic carbocycles. The third kappa shape index (κ3) is 6.15. The van der Waals surface area contributed by atoms with Gasteiger partial charge in [-0.15, -0.1) is 0 Å². The van der Waals surface area contributed by atoms with Crippen LogP contribution in [0.15, 0.2) is 54.6 Å². The third-order valence-corrected chi connectivity index (χ3v) is 4.91. The predicted molar refractivity (Wildman–Crippen MR) is 103 cm³/mol. The van der Waals surface area contributed by atoms with Crippen LogP contribution >= 0.6 is 0 Å². The Balaban J connectivity index is 1.47. The fraction of sp³-hybridized carbons (Fsp3) is 0.318. The number of likely N-dealkylation sites (tertiary alicyclic amines) is 1. The maximum atomic E-state index is 13.6. The number of benzene rings is 2. The summed E-state index contributed by atoms with van der Waals surface area (Å²) in [6.45, 7) is 1.80. The fourth-order valence-electron chi connectivity index (χ4n) is 3.36. The zero-order valence-corrected chi connectivity index (χ0v) is 15.8. The molecule has 154 valence electrons. The SMILES string of the molecule is O=C(C=Cc1ccccc1F)NC1CCN(Cc2cccc(C(F)(F)F)c2)CC1. The fourth-order valence-corrected chi connectivity index (χ4v) is 3.36. The highest BCUT2D eigenvalue weighted by Gasteiger charge is 2.30. The lowest BCUT2D eigenvalue weighted by Gasteiger charge is -2.32. The van der Waals surface area contributed by atoms with Gasteiger partial charge in [-0.1, -0.05) is 36.4 Å². The molecule has 0 unspecified atom stereocenters. The number of rotatable bonds is 5. The average molecular weight is 406 g/mol. The highest BCUT2D eigenvalue weighted by atomic mass is 19.4. The molecule has 29 heavy (non-hydrogen) atoms. The van der Waals surface area contributed by atoms with Crippen LogP contribution in [0.1, 0.15) is 29.5 Å². The molecular weight excluding hydrogens is 384 g/mol. The lowest BCUT2D eigenvalue weighted by atomic mass is 10.0. The summed E-state index contributed by atoms with van der Waals surface area (Å²) < 4.78 is 52.1. The second-order valence-electron chi connectivity index (χ2n) is 7.11. The van der Waals surface area contributed by atoms with Gasteiger partial charge in [0.05, 0.1) is 5.56 Å². The summed E-state index contributed by atoms with van der Waals surface area (Å²) in [5, 5.41) is 2.90. The van der Waals surface area contributed by atoms with Crippen LogP contribution in [0.3, 0.4) is 0 Å². The average Bonchev–Trinajstić information content (AvgIpc) is 2.68. The molecule has 0 aromatic heterocycles. The van der Waals surface area contributed by atoms with Gasteiger partial charge in [-0.25, -0.2) is 4.39 Å². The minimum atomic E-state index is -4.34. The number of hydrogen-bond acceptors (Lipinski definition) is 2. The molecule has 0 radical (unpaired) electrons. The molecule has 3 nitrogen and oxygen atoms in total. The highest BCUT2D eigenvalue weighted by molar-refractivity contribution is 5.91. The number of piperidine rings is 1. The Kier molecular flexibility index (Phi) is 6.69. The molecule has 1 aliphatic rings. The Morgan fingerprint density at radius 3 is 2.52 bits per heavy atom. The van der Waals surface area contributed by atoms with Crippen LogP contribution in [0.4, 0.5) is 17.6 Å². The van der Waals surface area contributed by atoms with Crippen molar-refractivity contribution in [2.75, 3.05) is 13.1 Å². The van der Waals surface area contributed by atoms with Gasteiger partial charge in [0, 0.05) is 37.3 Å². The molecule has 1 fully saturated rings. The van der Waals surface area contributed by atoms with Crippen LogP contribution in [0.5, 0.6) is 0 Å². The van der Waals surface area contributed by atoms with E-state index in [0.717, 1.165) is 6.07 Å². The topological polar surface area (TPSA) is 32.3 Å². The Bertz CT molecular complexity index is 871. The van der Waals surface area contributed by atoms with Gasteiger partial charge in [-0.2, -0.15) is 13.2 Å². The van der Waals surface area contributed by atoms with E-state index in [1.165, 1.54) is 30.4 Å². The molecule has 0 aliphatic carbocycles. The molecule has 2 aromatic rings. The van der Waals surface area contributed by atoms with Gasteiger partial charge in [0.25, 0.3) is 0 Å². The van der Waals surface area contributed by atoms with Crippen molar-refractivity contribution >= 4 is 12.0 Å². The van der Waals surface area contributed by atoms with Crippen LogP contribution in [-0.4, -0.2) is 29.9 Å². The zero-order chi connectivity index (χ0) is 20.9. The van der Waals surface area contributed by atoms with Gasteiger partial charge >= 0.3 is 6.18 Å². The van der Waals surface area contributed by atoms with Crippen LogP contribution in [-0.2, 0) is 17.5 Å². The third-order valence-electron chi connectivity index (χ3n) is 4.91. The molecule has 0 atom stereocenters. The minimum Gasteiger partial charge on any atom is -0.350 e. The second kappa shape index (κ2) is 9.22. The van der Waals surface area contributed by atoms with E-state index < -0.39 is 11.7 Å². The molecular formula is C22H22F4N2O. The lowest BCUT2D eigenvalue weighted by molar-refractivity contribution is -0.137. The summed E-state index contributed by atoms with van der Waals surface area (Å²) >= 11 is 0. The first-order valence-electron chi connectivity index (χ1n) is 9.43. The number of amides is 1. The zero-order valence-electron chi connectivity index (χ0n) is 15.8. The van der Waals surface area contributed by atoms with Gasteiger partial charge < -0.3 is 5.32 Å². The summed E-state index contributed by atoms with van der Waals surface area (Å²) in [7, 11) is 0. The number of hydrogen-bond donors (Lipinski definition) is 1. The lowest BCUT2D eigenvalue weighted by Crippen LogP contribution is -2.43. The normalized spacial score (nSPS) is 16.3. The summed E-state index contributed by atoms with van der Waals surface area (Å²) in [6.07, 6.45) is -0.180. The number of halogens is 4. The number of nitrogens with zero attached hydrogens (tertiary/aromatic N) is 1. The summed E-state index contributed by atoms with van der Waals surface area (Å²) in [5.74, 6) is -0.677. The van der Waals surface area contributed by atoms with Gasteiger partial charge in [-0.3, -0.25) is 9.69 Å². The minimum absolute atomic E-state index is 0.00877. The van der Waals surface area contributed by atoms with Crippen molar-refractivity contribution < 1.29 is 22.4 Å². The van der Waals surface area contributed by atoms with Crippen LogP contribution in [0.2, 0.25) is 0 Å². The molecule has 1 N–H and O–H groups in total. The molecule has 1 saturated heterocycles. The van der Waals surface area contributed by atoms with E-state index in [0.29, 0.717) is 43.6 Å². The number of alkyl halides is 3. The van der Waals surface area contributed by atoms with E-state index >= 15 is 0 Å². The Hall–Kier alpha value is -2.67. The number of carbonyl (C=O) groups excluding carboxylic acids is 1. The maximum Gasteiger partial charge on any atom is 0.416 e. The first-order valence-corrected chi connectivity index (χ1v) is 9.43. The summed E-state index contributed by atoms with van der Waals surface area (Å²) in [4.78, 5) is 14.1. The van der Waals surface area contributed by atoms with E-state index in [1.807, 2.05) is 0 Å². The van der Waals surface area contributed by atoms with Crippen molar-refractivity contribution in [2.45, 2.75) is 31.6 Å². The van der Waals surface area contributed by atoms with Crippen molar-refractivity contribution in [3.8, 4) is 0 Å². The molecule has 0 saturated carbocycles. The standard InChI is InChI=1S/C22H22F4N2O/c23-20-7-2-1-5-17(20)8-9-21(29)27-19-10-12-28(13-11-19)15-16-4-3-6-18(14-16)22(24,25)26/h1-9,14,19H,10-13,15H2,(H,27,29). The Morgan fingerprint density at radius 1 is 1.10 bits per heavy atom. The Labute approximate surface area is 167 Å². The molecule has 0 bridgehead atoms. The molecule has 0 spiro atoms. The highest BCUT2D eigenvalue weighted by Crippen LogP contribution is 2.30.